The fourth-order valence-corrected chi connectivity index (χ4v) is 1.93. The lowest BCUT2D eigenvalue weighted by Crippen LogP contribution is -2.16. The van der Waals surface area contributed by atoms with Gasteiger partial charge in [-0.2, -0.15) is 9.36 Å². The molecular formula is C11H10F3N3OS. The van der Waals surface area contributed by atoms with E-state index in [0.29, 0.717) is 11.4 Å². The molecule has 0 spiro atoms. The van der Waals surface area contributed by atoms with E-state index in [1.807, 2.05) is 19.0 Å². The summed E-state index contributed by atoms with van der Waals surface area (Å²) < 4.78 is 43.9. The van der Waals surface area contributed by atoms with E-state index in [4.69, 9.17) is 0 Å². The summed E-state index contributed by atoms with van der Waals surface area (Å²) in [5, 5.41) is 0.727. The summed E-state index contributed by atoms with van der Waals surface area (Å²) in [6.45, 7) is 0. The summed E-state index contributed by atoms with van der Waals surface area (Å²) in [7, 11) is 3.68. The molecule has 102 valence electrons. The lowest BCUT2D eigenvalue weighted by molar-refractivity contribution is -0.274. The normalized spacial score (nSPS) is 11.4. The number of ether oxygens (including phenoxy) is 1. The smallest absolute Gasteiger partial charge is 0.406 e. The van der Waals surface area contributed by atoms with Gasteiger partial charge in [0.15, 0.2) is 5.82 Å². The van der Waals surface area contributed by atoms with Gasteiger partial charge in [0.2, 0.25) is 5.13 Å². The van der Waals surface area contributed by atoms with Gasteiger partial charge in [0.25, 0.3) is 0 Å². The first-order valence-corrected chi connectivity index (χ1v) is 6.00. The number of aromatic nitrogens is 2. The molecule has 2 aromatic rings. The summed E-state index contributed by atoms with van der Waals surface area (Å²) in [5.41, 5.74) is 0.638. The molecule has 8 heteroatoms. The summed E-state index contributed by atoms with van der Waals surface area (Å²) >= 11 is 1.22. The van der Waals surface area contributed by atoms with E-state index in [-0.39, 0.29) is 5.75 Å². The van der Waals surface area contributed by atoms with Crippen molar-refractivity contribution in [2.24, 2.45) is 0 Å². The number of benzene rings is 1. The van der Waals surface area contributed by atoms with Crippen molar-refractivity contribution in [3.8, 4) is 17.1 Å². The van der Waals surface area contributed by atoms with Crippen LogP contribution < -0.4 is 9.64 Å². The predicted octanol–water partition coefficient (Wildman–Crippen LogP) is 3.17. The van der Waals surface area contributed by atoms with E-state index < -0.39 is 6.36 Å². The molecular weight excluding hydrogens is 279 g/mol. The molecule has 0 saturated carbocycles. The highest BCUT2D eigenvalue weighted by Gasteiger charge is 2.31. The van der Waals surface area contributed by atoms with Gasteiger partial charge >= 0.3 is 6.36 Å². The zero-order valence-corrected chi connectivity index (χ0v) is 10.9. The number of hydrogen-bond acceptors (Lipinski definition) is 5. The minimum absolute atomic E-state index is 0.265. The maximum atomic E-state index is 12.0. The molecule has 0 aliphatic carbocycles. The maximum absolute atomic E-state index is 12.0. The Kier molecular flexibility index (Phi) is 3.61. The third-order valence-corrected chi connectivity index (χ3v) is 3.03. The van der Waals surface area contributed by atoms with Crippen LogP contribution in [0.5, 0.6) is 5.75 Å². The molecule has 0 N–H and O–H groups in total. The van der Waals surface area contributed by atoms with Crippen molar-refractivity contribution in [3.05, 3.63) is 24.3 Å². The first-order valence-electron chi connectivity index (χ1n) is 5.22. The van der Waals surface area contributed by atoms with Crippen LogP contribution >= 0.6 is 11.5 Å². The van der Waals surface area contributed by atoms with Crippen molar-refractivity contribution in [2.75, 3.05) is 19.0 Å². The summed E-state index contributed by atoms with van der Waals surface area (Å²) in [5.74, 6) is 0.214. The van der Waals surface area contributed by atoms with Gasteiger partial charge in [-0.25, -0.2) is 0 Å². The van der Waals surface area contributed by atoms with Crippen LogP contribution in [0.4, 0.5) is 18.3 Å². The number of hydrogen-bond donors (Lipinski definition) is 0. The topological polar surface area (TPSA) is 38.2 Å². The zero-order chi connectivity index (χ0) is 14.0. The van der Waals surface area contributed by atoms with Crippen molar-refractivity contribution in [1.82, 2.24) is 9.36 Å². The van der Waals surface area contributed by atoms with Gasteiger partial charge < -0.3 is 9.64 Å². The van der Waals surface area contributed by atoms with Crippen LogP contribution in [0.3, 0.4) is 0 Å². The Morgan fingerprint density at radius 2 is 1.79 bits per heavy atom. The number of alkyl halides is 3. The molecule has 0 amide bonds. The molecule has 19 heavy (non-hydrogen) atoms. The summed E-state index contributed by atoms with van der Waals surface area (Å²) in [4.78, 5) is 6.06. The van der Waals surface area contributed by atoms with Gasteiger partial charge in [-0.3, -0.25) is 0 Å². The Balaban J connectivity index is 2.17. The molecule has 1 aromatic heterocycles. The molecule has 1 aromatic carbocycles. The minimum Gasteiger partial charge on any atom is -0.406 e. The van der Waals surface area contributed by atoms with Gasteiger partial charge in [-0.05, 0) is 24.3 Å². The number of halogens is 3. The van der Waals surface area contributed by atoms with Gasteiger partial charge in [-0.1, -0.05) is 0 Å². The summed E-state index contributed by atoms with van der Waals surface area (Å²) in [6, 6.07) is 5.45. The monoisotopic (exact) mass is 289 g/mol. The zero-order valence-electron chi connectivity index (χ0n) is 10.1. The van der Waals surface area contributed by atoms with Crippen LogP contribution in [0.25, 0.3) is 11.4 Å². The first kappa shape index (κ1) is 13.6. The number of nitrogens with zero attached hydrogens (tertiary/aromatic N) is 3. The molecule has 2 rings (SSSR count). The Hall–Kier alpha value is -1.83. The Morgan fingerprint density at radius 1 is 1.16 bits per heavy atom. The third kappa shape index (κ3) is 3.57. The van der Waals surface area contributed by atoms with Crippen molar-refractivity contribution < 1.29 is 17.9 Å². The van der Waals surface area contributed by atoms with E-state index >= 15 is 0 Å². The van der Waals surface area contributed by atoms with Crippen molar-refractivity contribution in [2.45, 2.75) is 6.36 Å². The fourth-order valence-electron chi connectivity index (χ4n) is 1.32. The van der Waals surface area contributed by atoms with Gasteiger partial charge in [-0.15, -0.1) is 13.2 Å². The van der Waals surface area contributed by atoms with Gasteiger partial charge in [0.1, 0.15) is 5.75 Å². The van der Waals surface area contributed by atoms with Crippen molar-refractivity contribution in [1.29, 1.82) is 0 Å². The second-order valence-corrected chi connectivity index (χ2v) is 4.60. The van der Waals surface area contributed by atoms with Crippen LogP contribution in [0.15, 0.2) is 24.3 Å². The first-order chi connectivity index (χ1) is 8.85. The summed E-state index contributed by atoms with van der Waals surface area (Å²) in [6.07, 6.45) is -4.68. The van der Waals surface area contributed by atoms with Crippen LogP contribution in [0.1, 0.15) is 0 Å². The second kappa shape index (κ2) is 5.04. The SMILES string of the molecule is CN(C)c1nc(-c2ccc(OC(F)(F)F)cc2)ns1. The van der Waals surface area contributed by atoms with Crippen LogP contribution in [-0.2, 0) is 0 Å². The highest BCUT2D eigenvalue weighted by molar-refractivity contribution is 7.09. The van der Waals surface area contributed by atoms with E-state index in [2.05, 4.69) is 14.1 Å². The average Bonchev–Trinajstić information content (AvgIpc) is 2.77. The Morgan fingerprint density at radius 3 is 2.26 bits per heavy atom. The standard InChI is InChI=1S/C11H10F3N3OS/c1-17(2)10-15-9(16-19-10)7-3-5-8(6-4-7)18-11(12,13)14/h3-6H,1-2H3. The lowest BCUT2D eigenvalue weighted by atomic mass is 10.2. The van der Waals surface area contributed by atoms with Crippen molar-refractivity contribution >= 4 is 16.7 Å². The van der Waals surface area contributed by atoms with E-state index in [9.17, 15) is 13.2 Å². The van der Waals surface area contributed by atoms with Gasteiger partial charge in [0.05, 0.1) is 0 Å². The molecule has 0 bridgehead atoms. The second-order valence-electron chi connectivity index (χ2n) is 3.87. The Bertz CT molecular complexity index is 551. The highest BCUT2D eigenvalue weighted by Crippen LogP contribution is 2.27. The van der Waals surface area contributed by atoms with E-state index in [1.165, 1.54) is 35.8 Å². The lowest BCUT2D eigenvalue weighted by Gasteiger charge is -2.08. The van der Waals surface area contributed by atoms with Crippen LogP contribution in [-0.4, -0.2) is 29.8 Å². The third-order valence-electron chi connectivity index (χ3n) is 2.14. The minimum atomic E-state index is -4.68. The molecule has 0 aliphatic rings. The molecule has 0 saturated heterocycles. The molecule has 0 radical (unpaired) electrons. The highest BCUT2D eigenvalue weighted by atomic mass is 32.1. The number of anilines is 1. The van der Waals surface area contributed by atoms with Crippen molar-refractivity contribution in [3.63, 3.8) is 0 Å². The molecule has 0 unspecified atom stereocenters. The fraction of sp³-hybridized carbons (Fsp3) is 0.273. The predicted molar refractivity (Wildman–Crippen MR) is 66.4 cm³/mol. The van der Waals surface area contributed by atoms with E-state index in [0.717, 1.165) is 5.13 Å². The quantitative estimate of drug-likeness (QED) is 0.870. The number of rotatable bonds is 3. The molecule has 0 aliphatic heterocycles. The van der Waals surface area contributed by atoms with Gasteiger partial charge in [0, 0.05) is 31.2 Å². The molecule has 4 nitrogen and oxygen atoms in total. The van der Waals surface area contributed by atoms with Crippen LogP contribution in [0.2, 0.25) is 0 Å². The molecule has 0 fully saturated rings. The largest absolute Gasteiger partial charge is 0.573 e. The van der Waals surface area contributed by atoms with E-state index in [1.54, 1.807) is 0 Å². The molecule has 1 heterocycles. The Labute approximate surface area is 111 Å². The maximum Gasteiger partial charge on any atom is 0.573 e. The average molecular weight is 289 g/mol. The van der Waals surface area contributed by atoms with Crippen LogP contribution in [0, 0.1) is 0 Å². The molecule has 0 atom stereocenters.